The quantitative estimate of drug-likeness (QED) is 0.620. The van der Waals surface area contributed by atoms with E-state index in [4.69, 9.17) is 5.73 Å². The summed E-state index contributed by atoms with van der Waals surface area (Å²) < 4.78 is 0. The number of amides is 1. The smallest absolute Gasteiger partial charge is 0.255 e. The molecule has 5 nitrogen and oxygen atoms in total. The average molecular weight is 371 g/mol. The Morgan fingerprint density at radius 2 is 1.88 bits per heavy atom. The van der Waals surface area contributed by atoms with Gasteiger partial charge in [-0.15, -0.1) is 12.4 Å². The SMILES string of the molecule is CCCCCc1ccc(C(=O)Nc2ccc3nc(N)ncc3c2)cc1.Cl. The van der Waals surface area contributed by atoms with Crippen molar-refractivity contribution in [1.82, 2.24) is 9.97 Å². The first-order chi connectivity index (χ1) is 12.2. The van der Waals surface area contributed by atoms with Crippen molar-refractivity contribution in [1.29, 1.82) is 0 Å². The van der Waals surface area contributed by atoms with E-state index in [-0.39, 0.29) is 24.3 Å². The molecule has 0 bridgehead atoms. The Kier molecular flexibility index (Phi) is 6.92. The van der Waals surface area contributed by atoms with Crippen LogP contribution in [0.1, 0.15) is 42.1 Å². The number of nitrogen functional groups attached to an aromatic ring is 1. The van der Waals surface area contributed by atoms with Crippen molar-refractivity contribution in [3.8, 4) is 0 Å². The predicted molar refractivity (Wildman–Crippen MR) is 109 cm³/mol. The van der Waals surface area contributed by atoms with E-state index in [9.17, 15) is 4.79 Å². The first-order valence-corrected chi connectivity index (χ1v) is 8.58. The van der Waals surface area contributed by atoms with Gasteiger partial charge in [0.15, 0.2) is 0 Å². The van der Waals surface area contributed by atoms with Gasteiger partial charge in [-0.25, -0.2) is 9.97 Å². The zero-order valence-electron chi connectivity index (χ0n) is 14.7. The predicted octanol–water partition coefficient (Wildman–Crippen LogP) is 4.62. The molecule has 3 N–H and O–H groups in total. The van der Waals surface area contributed by atoms with Gasteiger partial charge in [-0.1, -0.05) is 31.9 Å². The number of fused-ring (bicyclic) bond motifs is 1. The second-order valence-corrected chi connectivity index (χ2v) is 6.11. The number of benzene rings is 2. The maximum absolute atomic E-state index is 12.4. The van der Waals surface area contributed by atoms with E-state index in [0.29, 0.717) is 11.3 Å². The van der Waals surface area contributed by atoms with Crippen LogP contribution in [0.3, 0.4) is 0 Å². The van der Waals surface area contributed by atoms with Crippen LogP contribution in [0.5, 0.6) is 0 Å². The number of carbonyl (C=O) groups is 1. The molecule has 0 aliphatic heterocycles. The fourth-order valence-corrected chi connectivity index (χ4v) is 2.73. The standard InChI is InChI=1S/C20H22N4O.ClH/c1-2-3-4-5-14-6-8-15(9-7-14)19(25)23-17-10-11-18-16(12-17)13-22-20(21)24-18;/h6-13H,2-5H2,1H3,(H,23,25)(H2,21,22,24);1H. The highest BCUT2D eigenvalue weighted by Gasteiger charge is 2.07. The number of hydrogen-bond acceptors (Lipinski definition) is 4. The van der Waals surface area contributed by atoms with Crippen LogP contribution >= 0.6 is 12.4 Å². The van der Waals surface area contributed by atoms with Crippen LogP contribution in [0.25, 0.3) is 10.9 Å². The zero-order chi connectivity index (χ0) is 17.6. The first-order valence-electron chi connectivity index (χ1n) is 8.58. The molecule has 0 aliphatic carbocycles. The van der Waals surface area contributed by atoms with Gasteiger partial charge in [-0.3, -0.25) is 4.79 Å². The van der Waals surface area contributed by atoms with Crippen LogP contribution in [-0.4, -0.2) is 15.9 Å². The number of hydrogen-bond donors (Lipinski definition) is 2. The molecule has 3 aromatic rings. The lowest BCUT2D eigenvalue weighted by Crippen LogP contribution is -2.11. The fraction of sp³-hybridized carbons (Fsp3) is 0.250. The summed E-state index contributed by atoms with van der Waals surface area (Å²) in [7, 11) is 0. The van der Waals surface area contributed by atoms with Gasteiger partial charge in [0, 0.05) is 22.8 Å². The normalized spacial score (nSPS) is 10.3. The summed E-state index contributed by atoms with van der Waals surface area (Å²) in [5, 5.41) is 3.74. The Morgan fingerprint density at radius 1 is 1.12 bits per heavy atom. The van der Waals surface area contributed by atoms with Crippen LogP contribution in [0.4, 0.5) is 11.6 Å². The van der Waals surface area contributed by atoms with Crippen LogP contribution in [0, 0.1) is 0 Å². The molecule has 0 spiro atoms. The van der Waals surface area contributed by atoms with Gasteiger partial charge in [0.2, 0.25) is 5.95 Å². The zero-order valence-corrected chi connectivity index (χ0v) is 15.6. The largest absolute Gasteiger partial charge is 0.368 e. The van der Waals surface area contributed by atoms with Gasteiger partial charge in [-0.2, -0.15) is 0 Å². The molecular weight excluding hydrogens is 348 g/mol. The topological polar surface area (TPSA) is 80.9 Å². The van der Waals surface area contributed by atoms with Crippen molar-refractivity contribution in [3.05, 3.63) is 59.8 Å². The first kappa shape index (κ1) is 19.7. The number of nitrogens with zero attached hydrogens (tertiary/aromatic N) is 2. The highest BCUT2D eigenvalue weighted by Crippen LogP contribution is 2.18. The van der Waals surface area contributed by atoms with Crippen LogP contribution in [0.15, 0.2) is 48.7 Å². The lowest BCUT2D eigenvalue weighted by atomic mass is 10.1. The number of halogens is 1. The van der Waals surface area contributed by atoms with E-state index in [0.717, 1.165) is 17.3 Å². The molecule has 3 rings (SSSR count). The molecule has 1 amide bonds. The molecule has 0 unspecified atom stereocenters. The molecule has 136 valence electrons. The summed E-state index contributed by atoms with van der Waals surface area (Å²) >= 11 is 0. The van der Waals surface area contributed by atoms with E-state index in [2.05, 4.69) is 22.2 Å². The molecule has 0 atom stereocenters. The maximum atomic E-state index is 12.4. The maximum Gasteiger partial charge on any atom is 0.255 e. The number of unbranched alkanes of at least 4 members (excludes halogenated alkanes) is 2. The molecule has 0 fully saturated rings. The minimum absolute atomic E-state index is 0. The van der Waals surface area contributed by atoms with Crippen molar-refractivity contribution < 1.29 is 4.79 Å². The number of aromatic nitrogens is 2. The molecular formula is C20H23ClN4O. The second-order valence-electron chi connectivity index (χ2n) is 6.11. The lowest BCUT2D eigenvalue weighted by Gasteiger charge is -2.07. The molecule has 0 radical (unpaired) electrons. The third-order valence-corrected chi connectivity index (χ3v) is 4.14. The summed E-state index contributed by atoms with van der Waals surface area (Å²) in [5.74, 6) is 0.110. The third kappa shape index (κ3) is 4.92. The fourth-order valence-electron chi connectivity index (χ4n) is 2.73. The van der Waals surface area contributed by atoms with E-state index in [1.807, 2.05) is 42.5 Å². The number of nitrogens with one attached hydrogen (secondary N) is 1. The minimum Gasteiger partial charge on any atom is -0.368 e. The summed E-state index contributed by atoms with van der Waals surface area (Å²) in [4.78, 5) is 20.5. The van der Waals surface area contributed by atoms with Crippen LogP contribution in [0.2, 0.25) is 0 Å². The van der Waals surface area contributed by atoms with E-state index in [1.54, 1.807) is 6.20 Å². The Hall–Kier alpha value is -2.66. The molecule has 2 aromatic carbocycles. The van der Waals surface area contributed by atoms with Gasteiger partial charge in [0.1, 0.15) is 0 Å². The molecule has 0 saturated carbocycles. The molecule has 1 heterocycles. The Bertz CT molecular complexity index is 881. The minimum atomic E-state index is -0.129. The number of aryl methyl sites for hydroxylation is 1. The number of nitrogens with two attached hydrogens (primary N) is 1. The Labute approximate surface area is 159 Å². The highest BCUT2D eigenvalue weighted by molar-refractivity contribution is 6.05. The average Bonchev–Trinajstić information content (AvgIpc) is 2.62. The van der Waals surface area contributed by atoms with Crippen LogP contribution in [-0.2, 0) is 6.42 Å². The van der Waals surface area contributed by atoms with Crippen molar-refractivity contribution in [2.45, 2.75) is 32.6 Å². The summed E-state index contributed by atoms with van der Waals surface area (Å²) in [6.07, 6.45) is 6.34. The Balaban J connectivity index is 0.00000243. The molecule has 1 aromatic heterocycles. The summed E-state index contributed by atoms with van der Waals surface area (Å²) in [6.45, 7) is 2.20. The van der Waals surface area contributed by atoms with Gasteiger partial charge in [0.25, 0.3) is 5.91 Å². The van der Waals surface area contributed by atoms with Gasteiger partial charge >= 0.3 is 0 Å². The van der Waals surface area contributed by atoms with Crippen LogP contribution < -0.4 is 11.1 Å². The van der Waals surface area contributed by atoms with Gasteiger partial charge in [-0.05, 0) is 48.7 Å². The summed E-state index contributed by atoms with van der Waals surface area (Å²) in [6, 6.07) is 13.3. The molecule has 0 saturated heterocycles. The van der Waals surface area contributed by atoms with Gasteiger partial charge in [0.05, 0.1) is 5.52 Å². The Morgan fingerprint density at radius 3 is 2.62 bits per heavy atom. The van der Waals surface area contributed by atoms with E-state index < -0.39 is 0 Å². The van der Waals surface area contributed by atoms with E-state index in [1.165, 1.54) is 24.8 Å². The van der Waals surface area contributed by atoms with Crippen molar-refractivity contribution in [3.63, 3.8) is 0 Å². The molecule has 0 aliphatic rings. The number of anilines is 2. The van der Waals surface area contributed by atoms with Crippen molar-refractivity contribution in [2.75, 3.05) is 11.1 Å². The van der Waals surface area contributed by atoms with Gasteiger partial charge < -0.3 is 11.1 Å². The third-order valence-electron chi connectivity index (χ3n) is 4.14. The molecule has 26 heavy (non-hydrogen) atoms. The van der Waals surface area contributed by atoms with Crippen molar-refractivity contribution >= 4 is 40.9 Å². The monoisotopic (exact) mass is 370 g/mol. The van der Waals surface area contributed by atoms with E-state index >= 15 is 0 Å². The number of carbonyl (C=O) groups excluding carboxylic acids is 1. The lowest BCUT2D eigenvalue weighted by molar-refractivity contribution is 0.102. The highest BCUT2D eigenvalue weighted by atomic mass is 35.5. The summed E-state index contributed by atoms with van der Waals surface area (Å²) in [5.41, 5.74) is 8.95. The number of rotatable bonds is 6. The molecule has 6 heteroatoms. The van der Waals surface area contributed by atoms with Crippen molar-refractivity contribution in [2.24, 2.45) is 0 Å². The second kappa shape index (κ2) is 9.15.